The van der Waals surface area contributed by atoms with Crippen LogP contribution in [0.15, 0.2) is 4.99 Å². The van der Waals surface area contributed by atoms with E-state index in [1.807, 2.05) is 6.92 Å². The number of aliphatic imine (C=N–C) groups is 1. The smallest absolute Gasteiger partial charge is 0.248 e. The molecule has 1 unspecified atom stereocenters. The summed E-state index contributed by atoms with van der Waals surface area (Å²) in [6.45, 7) is 4.31. The fraction of sp³-hybridized carbons (Fsp3) is 0.778. The Hall–Kier alpha value is -1.10. The van der Waals surface area contributed by atoms with Crippen molar-refractivity contribution in [3.8, 4) is 0 Å². The molecule has 5 nitrogen and oxygen atoms in total. The average molecular weight is 201 g/mol. The maximum atomic E-state index is 10.9. The third-order valence-corrected chi connectivity index (χ3v) is 1.83. The predicted octanol–water partition coefficient (Wildman–Crippen LogP) is -0.202. The molecule has 0 saturated heterocycles. The van der Waals surface area contributed by atoms with Crippen molar-refractivity contribution in [2.24, 2.45) is 16.6 Å². The Morgan fingerprint density at radius 2 is 2.21 bits per heavy atom. The van der Waals surface area contributed by atoms with Crippen molar-refractivity contribution in [2.45, 2.75) is 20.3 Å². The Balaban J connectivity index is 4.17. The highest BCUT2D eigenvalue weighted by Crippen LogP contribution is 1.96. The number of hydrogen-bond acceptors (Lipinski definition) is 2. The molecule has 14 heavy (non-hydrogen) atoms. The Morgan fingerprint density at radius 1 is 1.64 bits per heavy atom. The summed E-state index contributed by atoms with van der Waals surface area (Å²) in [5.41, 5.74) is 5.57. The lowest BCUT2D eigenvalue weighted by atomic mass is 10.2. The van der Waals surface area contributed by atoms with E-state index in [2.05, 4.69) is 4.99 Å². The van der Waals surface area contributed by atoms with Crippen molar-refractivity contribution in [1.82, 2.24) is 4.90 Å². The average Bonchev–Trinajstić information content (AvgIpc) is 2.17. The molecule has 1 amide bonds. The molecule has 0 aromatic heterocycles. The van der Waals surface area contributed by atoms with Crippen LogP contribution in [0.4, 0.5) is 0 Å². The number of guanidine groups is 1. The Bertz CT molecular complexity index is 216. The maximum Gasteiger partial charge on any atom is 0.248 e. The van der Waals surface area contributed by atoms with Crippen molar-refractivity contribution >= 4 is 11.9 Å². The van der Waals surface area contributed by atoms with E-state index in [0.29, 0.717) is 13.0 Å². The third-order valence-electron chi connectivity index (χ3n) is 1.83. The van der Waals surface area contributed by atoms with E-state index < -0.39 is 0 Å². The first kappa shape index (κ1) is 12.9. The van der Waals surface area contributed by atoms with Crippen LogP contribution in [0, 0.1) is 5.92 Å². The van der Waals surface area contributed by atoms with Gasteiger partial charge in [-0.2, -0.15) is 4.99 Å². The maximum absolute atomic E-state index is 10.9. The van der Waals surface area contributed by atoms with E-state index in [0.717, 1.165) is 0 Å². The molecular formula is C9H19N3O2. The minimum Gasteiger partial charge on any atom is -0.396 e. The number of carbonyl (C=O) groups is 1. The zero-order valence-corrected chi connectivity index (χ0v) is 9.03. The summed E-state index contributed by atoms with van der Waals surface area (Å²) in [6.07, 6.45) is 0.351. The van der Waals surface area contributed by atoms with Gasteiger partial charge in [0.15, 0.2) is 5.96 Å². The number of amides is 1. The van der Waals surface area contributed by atoms with Crippen molar-refractivity contribution in [1.29, 1.82) is 0 Å². The van der Waals surface area contributed by atoms with Gasteiger partial charge in [-0.25, -0.2) is 0 Å². The molecule has 0 bridgehead atoms. The van der Waals surface area contributed by atoms with Crippen molar-refractivity contribution in [3.63, 3.8) is 0 Å². The van der Waals surface area contributed by atoms with Crippen molar-refractivity contribution in [3.05, 3.63) is 0 Å². The van der Waals surface area contributed by atoms with Gasteiger partial charge in [0.1, 0.15) is 0 Å². The highest BCUT2D eigenvalue weighted by molar-refractivity contribution is 5.92. The van der Waals surface area contributed by atoms with Gasteiger partial charge in [-0.1, -0.05) is 13.8 Å². The lowest BCUT2D eigenvalue weighted by molar-refractivity contribution is -0.117. The number of hydrogen-bond donors (Lipinski definition) is 2. The van der Waals surface area contributed by atoms with Gasteiger partial charge >= 0.3 is 0 Å². The highest BCUT2D eigenvalue weighted by atomic mass is 16.3. The normalized spacial score (nSPS) is 13.9. The molecule has 5 heteroatoms. The van der Waals surface area contributed by atoms with E-state index in [-0.39, 0.29) is 24.4 Å². The first-order chi connectivity index (χ1) is 6.51. The second-order valence-corrected chi connectivity index (χ2v) is 3.39. The Labute approximate surface area is 84.6 Å². The molecule has 3 N–H and O–H groups in total. The molecule has 0 rings (SSSR count). The molecule has 0 radical (unpaired) electrons. The van der Waals surface area contributed by atoms with Gasteiger partial charge in [0.05, 0.1) is 0 Å². The summed E-state index contributed by atoms with van der Waals surface area (Å²) >= 11 is 0. The number of carbonyl (C=O) groups excluding carboxylic acids is 1. The van der Waals surface area contributed by atoms with Crippen LogP contribution in [-0.4, -0.2) is 42.1 Å². The van der Waals surface area contributed by atoms with Gasteiger partial charge in [0.25, 0.3) is 0 Å². The zero-order chi connectivity index (χ0) is 11.1. The molecule has 0 aromatic rings. The number of aliphatic hydroxyl groups excluding tert-OH is 1. The molecule has 0 aliphatic carbocycles. The second kappa shape index (κ2) is 6.37. The highest BCUT2D eigenvalue weighted by Gasteiger charge is 2.08. The van der Waals surface area contributed by atoms with Gasteiger partial charge in [-0.15, -0.1) is 0 Å². The SMILES string of the molecule is CCC(=O)N=C(N)N(C)CC(C)CO. The molecule has 1 atom stereocenters. The fourth-order valence-electron chi connectivity index (χ4n) is 0.911. The van der Waals surface area contributed by atoms with E-state index in [4.69, 9.17) is 10.8 Å². The largest absolute Gasteiger partial charge is 0.396 e. The quantitative estimate of drug-likeness (QED) is 0.487. The van der Waals surface area contributed by atoms with Crippen LogP contribution in [0.3, 0.4) is 0 Å². The summed E-state index contributed by atoms with van der Waals surface area (Å²) < 4.78 is 0. The fourth-order valence-corrected chi connectivity index (χ4v) is 0.911. The first-order valence-electron chi connectivity index (χ1n) is 4.70. The summed E-state index contributed by atoms with van der Waals surface area (Å²) in [7, 11) is 1.74. The molecule has 0 fully saturated rings. The minimum absolute atomic E-state index is 0.0966. The molecule has 0 aromatic carbocycles. The molecular weight excluding hydrogens is 182 g/mol. The van der Waals surface area contributed by atoms with Crippen LogP contribution in [0.1, 0.15) is 20.3 Å². The van der Waals surface area contributed by atoms with E-state index >= 15 is 0 Å². The predicted molar refractivity (Wildman–Crippen MR) is 55.8 cm³/mol. The van der Waals surface area contributed by atoms with Crippen LogP contribution >= 0.6 is 0 Å². The molecule has 0 spiro atoms. The van der Waals surface area contributed by atoms with Gasteiger partial charge < -0.3 is 15.7 Å². The molecule has 0 saturated carbocycles. The monoisotopic (exact) mass is 201 g/mol. The lowest BCUT2D eigenvalue weighted by Crippen LogP contribution is -2.38. The van der Waals surface area contributed by atoms with E-state index in [1.54, 1.807) is 18.9 Å². The van der Waals surface area contributed by atoms with Crippen LogP contribution in [0.2, 0.25) is 0 Å². The first-order valence-corrected chi connectivity index (χ1v) is 4.70. The second-order valence-electron chi connectivity index (χ2n) is 3.39. The van der Waals surface area contributed by atoms with Gasteiger partial charge in [0, 0.05) is 26.6 Å². The molecule has 0 aliphatic rings. The number of rotatable bonds is 4. The van der Waals surface area contributed by atoms with Crippen molar-refractivity contribution in [2.75, 3.05) is 20.2 Å². The van der Waals surface area contributed by atoms with Gasteiger partial charge in [-0.3, -0.25) is 4.79 Å². The number of nitrogens with zero attached hydrogens (tertiary/aromatic N) is 2. The summed E-state index contributed by atoms with van der Waals surface area (Å²) in [5.74, 6) is 0.0913. The van der Waals surface area contributed by atoms with E-state index in [1.165, 1.54) is 0 Å². The van der Waals surface area contributed by atoms with Crippen LogP contribution < -0.4 is 5.73 Å². The standard InChI is InChI=1S/C9H19N3O2/c1-4-8(14)11-9(10)12(3)5-7(2)6-13/h7,13H,4-6H2,1-3H3,(H2,10,11,14). The van der Waals surface area contributed by atoms with Crippen LogP contribution in [0.25, 0.3) is 0 Å². The third kappa shape index (κ3) is 4.81. The van der Waals surface area contributed by atoms with Gasteiger partial charge in [-0.05, 0) is 5.92 Å². The lowest BCUT2D eigenvalue weighted by Gasteiger charge is -2.20. The summed E-state index contributed by atoms with van der Waals surface area (Å²) in [6, 6.07) is 0. The minimum atomic E-state index is -0.231. The van der Waals surface area contributed by atoms with Crippen molar-refractivity contribution < 1.29 is 9.90 Å². The Morgan fingerprint density at radius 3 is 2.64 bits per heavy atom. The number of aliphatic hydroxyl groups is 1. The molecule has 82 valence electrons. The zero-order valence-electron chi connectivity index (χ0n) is 9.03. The topological polar surface area (TPSA) is 78.9 Å². The summed E-state index contributed by atoms with van der Waals surface area (Å²) in [5, 5.41) is 8.82. The van der Waals surface area contributed by atoms with Crippen LogP contribution in [-0.2, 0) is 4.79 Å². The van der Waals surface area contributed by atoms with E-state index in [9.17, 15) is 4.79 Å². The van der Waals surface area contributed by atoms with Gasteiger partial charge in [0.2, 0.25) is 5.91 Å². The summed E-state index contributed by atoms with van der Waals surface area (Å²) in [4.78, 5) is 16.3. The Kier molecular flexibility index (Phi) is 5.87. The van der Waals surface area contributed by atoms with Crippen LogP contribution in [0.5, 0.6) is 0 Å². The molecule has 0 aliphatic heterocycles. The molecule has 0 heterocycles. The number of nitrogens with two attached hydrogens (primary N) is 1.